The molecular formula is C17H27N3S. The molecule has 0 saturated heterocycles. The van der Waals surface area contributed by atoms with Gasteiger partial charge >= 0.3 is 0 Å². The molecule has 1 N–H and O–H groups in total. The summed E-state index contributed by atoms with van der Waals surface area (Å²) in [6.45, 7) is 9.24. The third-order valence-corrected chi connectivity index (χ3v) is 6.44. The van der Waals surface area contributed by atoms with Crippen molar-refractivity contribution in [3.05, 3.63) is 10.6 Å². The summed E-state index contributed by atoms with van der Waals surface area (Å²) in [5.41, 5.74) is 0.823. The fourth-order valence-corrected chi connectivity index (χ4v) is 6.66. The van der Waals surface area contributed by atoms with Crippen molar-refractivity contribution in [3.8, 4) is 0 Å². The van der Waals surface area contributed by atoms with E-state index in [0.717, 1.165) is 16.6 Å². The minimum Gasteiger partial charge on any atom is -0.298 e. The Morgan fingerprint density at radius 3 is 2.33 bits per heavy atom. The SMILES string of the molecule is CC12CC3CC(C1)CC(c1n[nH]c(=S)n1C(C)(C)C)(C3)C2. The topological polar surface area (TPSA) is 33.6 Å². The number of H-pyrrole nitrogens is 1. The normalized spacial score (nSPS) is 41.7. The number of nitrogens with zero attached hydrogens (tertiary/aromatic N) is 2. The van der Waals surface area contributed by atoms with E-state index in [9.17, 15) is 0 Å². The third-order valence-electron chi connectivity index (χ3n) is 6.17. The van der Waals surface area contributed by atoms with Crippen LogP contribution in [0.25, 0.3) is 0 Å². The van der Waals surface area contributed by atoms with Crippen LogP contribution in [0.5, 0.6) is 0 Å². The second-order valence-electron chi connectivity index (χ2n) is 9.41. The third kappa shape index (κ3) is 1.97. The van der Waals surface area contributed by atoms with Crippen molar-refractivity contribution in [2.24, 2.45) is 17.3 Å². The van der Waals surface area contributed by atoms with Gasteiger partial charge in [0.15, 0.2) is 4.77 Å². The van der Waals surface area contributed by atoms with Crippen LogP contribution in [0.1, 0.15) is 72.0 Å². The summed E-state index contributed by atoms with van der Waals surface area (Å²) in [6.07, 6.45) is 8.29. The van der Waals surface area contributed by atoms with Gasteiger partial charge in [0.05, 0.1) is 0 Å². The molecule has 0 spiro atoms. The summed E-state index contributed by atoms with van der Waals surface area (Å²) >= 11 is 5.55. The maximum Gasteiger partial charge on any atom is 0.195 e. The minimum atomic E-state index is 0.00362. The molecule has 0 aromatic carbocycles. The van der Waals surface area contributed by atoms with Gasteiger partial charge in [0, 0.05) is 11.0 Å². The van der Waals surface area contributed by atoms with Crippen LogP contribution in [-0.4, -0.2) is 14.8 Å². The van der Waals surface area contributed by atoms with Gasteiger partial charge in [-0.3, -0.25) is 9.67 Å². The van der Waals surface area contributed by atoms with Crippen molar-refractivity contribution < 1.29 is 0 Å². The first-order valence-corrected chi connectivity index (χ1v) is 8.80. The molecule has 4 saturated carbocycles. The van der Waals surface area contributed by atoms with Crippen LogP contribution in [0.2, 0.25) is 0 Å². The average molecular weight is 305 g/mol. The molecule has 4 fully saturated rings. The standard InChI is InChI=1S/C17H27N3S/c1-15(2,3)20-13(18-19-14(20)21)17-8-11-5-12(9-17)7-16(4,6-11)10-17/h11-12H,5-10H2,1-4H3,(H,19,21). The highest BCUT2D eigenvalue weighted by molar-refractivity contribution is 7.71. The molecule has 2 atom stereocenters. The van der Waals surface area contributed by atoms with E-state index in [1.165, 1.54) is 44.3 Å². The summed E-state index contributed by atoms with van der Waals surface area (Å²) in [7, 11) is 0. The zero-order valence-corrected chi connectivity index (χ0v) is 14.5. The first-order valence-electron chi connectivity index (χ1n) is 8.39. The van der Waals surface area contributed by atoms with Gasteiger partial charge in [-0.2, -0.15) is 5.10 Å². The zero-order valence-electron chi connectivity index (χ0n) is 13.7. The van der Waals surface area contributed by atoms with Crippen LogP contribution in [-0.2, 0) is 11.0 Å². The summed E-state index contributed by atoms with van der Waals surface area (Å²) < 4.78 is 3.09. The van der Waals surface area contributed by atoms with Gasteiger partial charge in [-0.15, -0.1) is 0 Å². The van der Waals surface area contributed by atoms with Crippen molar-refractivity contribution in [1.82, 2.24) is 14.8 Å². The number of aromatic amines is 1. The quantitative estimate of drug-likeness (QED) is 0.772. The van der Waals surface area contributed by atoms with Crippen molar-refractivity contribution in [3.63, 3.8) is 0 Å². The lowest BCUT2D eigenvalue weighted by Crippen LogP contribution is -2.54. The number of hydrogen-bond acceptors (Lipinski definition) is 2. The molecule has 5 rings (SSSR count). The highest BCUT2D eigenvalue weighted by Crippen LogP contribution is 2.65. The maximum atomic E-state index is 5.55. The van der Waals surface area contributed by atoms with E-state index in [1.54, 1.807) is 0 Å². The minimum absolute atomic E-state index is 0.00362. The largest absolute Gasteiger partial charge is 0.298 e. The van der Waals surface area contributed by atoms with Crippen molar-refractivity contribution in [2.75, 3.05) is 0 Å². The van der Waals surface area contributed by atoms with Gasteiger partial charge in [0.25, 0.3) is 0 Å². The fraction of sp³-hybridized carbons (Fsp3) is 0.882. The predicted molar refractivity (Wildman–Crippen MR) is 86.9 cm³/mol. The Balaban J connectivity index is 1.86. The molecule has 21 heavy (non-hydrogen) atoms. The van der Waals surface area contributed by atoms with Gasteiger partial charge in [-0.1, -0.05) is 6.92 Å². The molecule has 1 aromatic heterocycles. The highest BCUT2D eigenvalue weighted by atomic mass is 32.1. The molecule has 1 heterocycles. The lowest BCUT2D eigenvalue weighted by Gasteiger charge is -2.61. The average Bonchev–Trinajstić information content (AvgIpc) is 2.67. The van der Waals surface area contributed by atoms with E-state index in [0.29, 0.717) is 5.41 Å². The first kappa shape index (κ1) is 14.0. The number of aromatic nitrogens is 3. The van der Waals surface area contributed by atoms with Crippen LogP contribution in [0, 0.1) is 22.0 Å². The summed E-state index contributed by atoms with van der Waals surface area (Å²) in [5, 5.41) is 7.85. The van der Waals surface area contributed by atoms with Crippen LogP contribution >= 0.6 is 12.2 Å². The number of rotatable bonds is 1. The summed E-state index contributed by atoms with van der Waals surface area (Å²) in [4.78, 5) is 0. The lowest BCUT2D eigenvalue weighted by molar-refractivity contribution is -0.0671. The summed E-state index contributed by atoms with van der Waals surface area (Å²) in [6, 6.07) is 0. The van der Waals surface area contributed by atoms with E-state index in [-0.39, 0.29) is 11.0 Å². The highest BCUT2D eigenvalue weighted by Gasteiger charge is 2.58. The Hall–Kier alpha value is -0.640. The van der Waals surface area contributed by atoms with Gasteiger partial charge in [0.1, 0.15) is 5.82 Å². The van der Waals surface area contributed by atoms with Gasteiger partial charge in [-0.25, -0.2) is 0 Å². The molecule has 2 unspecified atom stereocenters. The lowest BCUT2D eigenvalue weighted by atomic mass is 9.44. The fourth-order valence-electron chi connectivity index (χ4n) is 6.26. The molecule has 1 aromatic rings. The van der Waals surface area contributed by atoms with Gasteiger partial charge in [0.2, 0.25) is 0 Å². The number of nitrogens with one attached hydrogen (secondary N) is 1. The van der Waals surface area contributed by atoms with Crippen LogP contribution in [0.4, 0.5) is 0 Å². The second-order valence-corrected chi connectivity index (χ2v) is 9.80. The molecule has 0 radical (unpaired) electrons. The number of hydrogen-bond donors (Lipinski definition) is 1. The molecule has 3 nitrogen and oxygen atoms in total. The van der Waals surface area contributed by atoms with Gasteiger partial charge < -0.3 is 0 Å². The van der Waals surface area contributed by atoms with Crippen molar-refractivity contribution >= 4 is 12.2 Å². The maximum absolute atomic E-state index is 5.55. The van der Waals surface area contributed by atoms with Crippen LogP contribution < -0.4 is 0 Å². The van der Waals surface area contributed by atoms with E-state index in [1.807, 2.05) is 0 Å². The van der Waals surface area contributed by atoms with Gasteiger partial charge in [-0.05, 0) is 88.8 Å². The van der Waals surface area contributed by atoms with E-state index < -0.39 is 0 Å². The molecule has 0 amide bonds. The smallest absolute Gasteiger partial charge is 0.195 e. The predicted octanol–water partition coefficient (Wildman–Crippen LogP) is 4.55. The second kappa shape index (κ2) is 4.01. The van der Waals surface area contributed by atoms with E-state index in [2.05, 4.69) is 37.4 Å². The monoisotopic (exact) mass is 305 g/mol. The summed E-state index contributed by atoms with van der Waals surface area (Å²) in [5.74, 6) is 3.07. The molecule has 116 valence electrons. The van der Waals surface area contributed by atoms with Crippen molar-refractivity contribution in [1.29, 1.82) is 0 Å². The molecule has 4 aliphatic carbocycles. The Kier molecular flexibility index (Phi) is 2.67. The van der Waals surface area contributed by atoms with Crippen LogP contribution in [0.15, 0.2) is 0 Å². The molecule has 4 aliphatic rings. The Morgan fingerprint density at radius 1 is 1.19 bits per heavy atom. The Labute approximate surface area is 132 Å². The van der Waals surface area contributed by atoms with E-state index >= 15 is 0 Å². The molecular weight excluding hydrogens is 278 g/mol. The van der Waals surface area contributed by atoms with Crippen LogP contribution in [0.3, 0.4) is 0 Å². The van der Waals surface area contributed by atoms with Crippen molar-refractivity contribution in [2.45, 2.75) is 77.2 Å². The first-order chi connectivity index (χ1) is 9.71. The molecule has 0 aliphatic heterocycles. The Morgan fingerprint density at radius 2 is 1.81 bits per heavy atom. The van der Waals surface area contributed by atoms with E-state index in [4.69, 9.17) is 17.3 Å². The Bertz CT molecular complexity index is 619. The molecule has 4 heteroatoms. The molecule has 4 bridgehead atoms. The zero-order chi connectivity index (χ0) is 15.0.